The zero-order chi connectivity index (χ0) is 9.15. The maximum atomic E-state index is 5.96. The molecule has 0 aromatic rings. The van der Waals surface area contributed by atoms with Gasteiger partial charge in [-0.3, -0.25) is 0 Å². The van der Waals surface area contributed by atoms with Gasteiger partial charge in [-0.25, -0.2) is 0 Å². The Morgan fingerprint density at radius 3 is 2.77 bits per heavy atom. The van der Waals surface area contributed by atoms with Crippen LogP contribution >= 0.6 is 11.6 Å². The van der Waals surface area contributed by atoms with E-state index in [1.165, 1.54) is 44.9 Å². The molecule has 2 heteroatoms. The maximum Gasteiger partial charge on any atom is 0.0685 e. The molecule has 1 saturated carbocycles. The summed E-state index contributed by atoms with van der Waals surface area (Å²) >= 11 is 5.79. The molecule has 2 aliphatic rings. The van der Waals surface area contributed by atoms with Crippen LogP contribution < -0.4 is 0 Å². The molecule has 76 valence electrons. The molecule has 0 bridgehead atoms. The van der Waals surface area contributed by atoms with Gasteiger partial charge in [0.2, 0.25) is 0 Å². The summed E-state index contributed by atoms with van der Waals surface area (Å²) in [4.78, 5) is 0. The minimum Gasteiger partial charge on any atom is -0.375 e. The molecule has 0 aromatic carbocycles. The first kappa shape index (κ1) is 9.79. The fraction of sp³-hybridized carbons (Fsp3) is 1.00. The van der Waals surface area contributed by atoms with E-state index in [0.29, 0.717) is 0 Å². The molecule has 1 heterocycles. The number of ether oxygens (including phenoxy) is 1. The van der Waals surface area contributed by atoms with Gasteiger partial charge in [-0.05, 0) is 38.0 Å². The average Bonchev–Trinajstić information content (AvgIpc) is 2.54. The van der Waals surface area contributed by atoms with Crippen molar-refractivity contribution in [2.24, 2.45) is 5.92 Å². The second-order valence-corrected chi connectivity index (χ2v) is 4.95. The highest BCUT2D eigenvalue weighted by molar-refractivity contribution is 6.17. The Bertz CT molecular complexity index is 161. The Morgan fingerprint density at radius 2 is 2.08 bits per heavy atom. The molecule has 2 rings (SSSR count). The third-order valence-corrected chi connectivity index (χ3v) is 3.85. The fourth-order valence-electron chi connectivity index (χ4n) is 2.90. The molecule has 0 N–H and O–H groups in total. The molecule has 1 unspecified atom stereocenters. The molecule has 1 saturated heterocycles. The second kappa shape index (κ2) is 4.18. The molecule has 0 amide bonds. The standard InChI is InChI=1S/C11H19ClO/c12-7-3-10-4-8-13-11(9-10)5-1-2-6-11/h10H,1-9H2. The molecule has 0 aromatic heterocycles. The molecule has 1 aliphatic heterocycles. The van der Waals surface area contributed by atoms with Crippen molar-refractivity contribution >= 4 is 11.6 Å². The van der Waals surface area contributed by atoms with Gasteiger partial charge in [0.05, 0.1) is 5.60 Å². The second-order valence-electron chi connectivity index (χ2n) is 4.58. The lowest BCUT2D eigenvalue weighted by Crippen LogP contribution is -2.37. The first-order chi connectivity index (χ1) is 6.35. The van der Waals surface area contributed by atoms with Gasteiger partial charge in [-0.2, -0.15) is 0 Å². The Morgan fingerprint density at radius 1 is 1.31 bits per heavy atom. The first-order valence-electron chi connectivity index (χ1n) is 5.55. The Kier molecular flexibility index (Phi) is 3.15. The van der Waals surface area contributed by atoms with Crippen molar-refractivity contribution in [3.63, 3.8) is 0 Å². The minimum atomic E-state index is 0.287. The van der Waals surface area contributed by atoms with E-state index in [0.717, 1.165) is 18.4 Å². The zero-order valence-electron chi connectivity index (χ0n) is 8.23. The van der Waals surface area contributed by atoms with Crippen LogP contribution in [0.2, 0.25) is 0 Å². The molecular formula is C11H19ClO. The fourth-order valence-corrected chi connectivity index (χ4v) is 3.21. The molecule has 1 atom stereocenters. The molecule has 1 nitrogen and oxygen atoms in total. The van der Waals surface area contributed by atoms with E-state index in [9.17, 15) is 0 Å². The van der Waals surface area contributed by atoms with Crippen LogP contribution in [0.4, 0.5) is 0 Å². The predicted octanol–water partition coefficient (Wildman–Crippen LogP) is 3.35. The number of hydrogen-bond acceptors (Lipinski definition) is 1. The Labute approximate surface area is 85.8 Å². The van der Waals surface area contributed by atoms with Crippen molar-refractivity contribution < 1.29 is 4.74 Å². The lowest BCUT2D eigenvalue weighted by atomic mass is 9.83. The van der Waals surface area contributed by atoms with Crippen molar-refractivity contribution in [2.75, 3.05) is 12.5 Å². The van der Waals surface area contributed by atoms with E-state index in [2.05, 4.69) is 0 Å². The van der Waals surface area contributed by atoms with E-state index in [4.69, 9.17) is 16.3 Å². The van der Waals surface area contributed by atoms with Crippen LogP contribution in [-0.4, -0.2) is 18.1 Å². The van der Waals surface area contributed by atoms with Gasteiger partial charge in [-0.15, -0.1) is 11.6 Å². The highest BCUT2D eigenvalue weighted by atomic mass is 35.5. The summed E-state index contributed by atoms with van der Waals surface area (Å²) in [6, 6.07) is 0. The van der Waals surface area contributed by atoms with E-state index < -0.39 is 0 Å². The molecule has 1 spiro atoms. The van der Waals surface area contributed by atoms with E-state index >= 15 is 0 Å². The monoisotopic (exact) mass is 202 g/mol. The van der Waals surface area contributed by atoms with E-state index in [1.807, 2.05) is 0 Å². The molecule has 0 radical (unpaired) electrons. The molecule has 2 fully saturated rings. The zero-order valence-corrected chi connectivity index (χ0v) is 8.98. The largest absolute Gasteiger partial charge is 0.375 e. The lowest BCUT2D eigenvalue weighted by molar-refractivity contribution is -0.0928. The lowest BCUT2D eigenvalue weighted by Gasteiger charge is -2.38. The molecule has 13 heavy (non-hydrogen) atoms. The van der Waals surface area contributed by atoms with Crippen LogP contribution in [0.5, 0.6) is 0 Å². The summed E-state index contributed by atoms with van der Waals surface area (Å²) in [5.41, 5.74) is 0.287. The van der Waals surface area contributed by atoms with Gasteiger partial charge in [0, 0.05) is 12.5 Å². The molecule has 1 aliphatic carbocycles. The van der Waals surface area contributed by atoms with Gasteiger partial charge >= 0.3 is 0 Å². The number of rotatable bonds is 2. The highest BCUT2D eigenvalue weighted by Crippen LogP contribution is 2.42. The third kappa shape index (κ3) is 2.19. The van der Waals surface area contributed by atoms with Crippen LogP contribution in [0.25, 0.3) is 0 Å². The van der Waals surface area contributed by atoms with Gasteiger partial charge in [0.25, 0.3) is 0 Å². The van der Waals surface area contributed by atoms with Gasteiger partial charge in [0.1, 0.15) is 0 Å². The highest BCUT2D eigenvalue weighted by Gasteiger charge is 2.39. The van der Waals surface area contributed by atoms with Crippen LogP contribution in [-0.2, 0) is 4.74 Å². The Balaban J connectivity index is 1.90. The summed E-state index contributed by atoms with van der Waals surface area (Å²) in [5.74, 6) is 1.66. The van der Waals surface area contributed by atoms with Crippen molar-refractivity contribution in [2.45, 2.75) is 50.5 Å². The van der Waals surface area contributed by atoms with E-state index in [1.54, 1.807) is 0 Å². The summed E-state index contributed by atoms with van der Waals surface area (Å²) < 4.78 is 5.96. The topological polar surface area (TPSA) is 9.23 Å². The summed E-state index contributed by atoms with van der Waals surface area (Å²) in [5, 5.41) is 0. The SMILES string of the molecule is ClCCC1CCOC2(CCCC2)C1. The summed E-state index contributed by atoms with van der Waals surface area (Å²) in [6.07, 6.45) is 9.03. The van der Waals surface area contributed by atoms with Crippen molar-refractivity contribution in [1.82, 2.24) is 0 Å². The average molecular weight is 203 g/mol. The minimum absolute atomic E-state index is 0.287. The van der Waals surface area contributed by atoms with Crippen molar-refractivity contribution in [3.8, 4) is 0 Å². The Hall–Kier alpha value is 0.250. The van der Waals surface area contributed by atoms with E-state index in [-0.39, 0.29) is 5.60 Å². The van der Waals surface area contributed by atoms with Crippen LogP contribution in [0.1, 0.15) is 44.9 Å². The number of halogens is 1. The van der Waals surface area contributed by atoms with Crippen molar-refractivity contribution in [1.29, 1.82) is 0 Å². The van der Waals surface area contributed by atoms with Gasteiger partial charge in [0.15, 0.2) is 0 Å². The van der Waals surface area contributed by atoms with Gasteiger partial charge < -0.3 is 4.74 Å². The normalized spacial score (nSPS) is 32.5. The van der Waals surface area contributed by atoms with Gasteiger partial charge in [-0.1, -0.05) is 12.8 Å². The quantitative estimate of drug-likeness (QED) is 0.624. The third-order valence-electron chi connectivity index (χ3n) is 3.63. The molecular weight excluding hydrogens is 184 g/mol. The van der Waals surface area contributed by atoms with Crippen LogP contribution in [0, 0.1) is 5.92 Å². The summed E-state index contributed by atoms with van der Waals surface area (Å²) in [7, 11) is 0. The van der Waals surface area contributed by atoms with Crippen LogP contribution in [0.3, 0.4) is 0 Å². The van der Waals surface area contributed by atoms with Crippen molar-refractivity contribution in [3.05, 3.63) is 0 Å². The van der Waals surface area contributed by atoms with Crippen LogP contribution in [0.15, 0.2) is 0 Å². The summed E-state index contributed by atoms with van der Waals surface area (Å²) in [6.45, 7) is 0.974. The maximum absolute atomic E-state index is 5.96. The predicted molar refractivity (Wildman–Crippen MR) is 55.2 cm³/mol. The number of alkyl halides is 1. The number of hydrogen-bond donors (Lipinski definition) is 0. The smallest absolute Gasteiger partial charge is 0.0685 e. The first-order valence-corrected chi connectivity index (χ1v) is 6.08.